The van der Waals surface area contributed by atoms with Crippen LogP contribution in [0.3, 0.4) is 0 Å². The Balaban J connectivity index is 2.60. The molecule has 0 bridgehead atoms. The summed E-state index contributed by atoms with van der Waals surface area (Å²) in [6.07, 6.45) is 9.82. The molecule has 0 atom stereocenters. The number of hydrogen-bond acceptors (Lipinski definition) is 1. The maximum absolute atomic E-state index is 4.18. The van der Waals surface area contributed by atoms with Crippen molar-refractivity contribution in [2.75, 3.05) is 0 Å². The molecule has 0 heterocycles. The van der Waals surface area contributed by atoms with E-state index in [0.717, 1.165) is 11.1 Å². The smallest absolute Gasteiger partial charge is 0.0173 e. The van der Waals surface area contributed by atoms with E-state index >= 15 is 0 Å². The predicted octanol–water partition coefficient (Wildman–Crippen LogP) is 5.67. The van der Waals surface area contributed by atoms with Crippen LogP contribution in [0.2, 0.25) is 0 Å². The lowest BCUT2D eigenvalue weighted by Crippen LogP contribution is -2.16. The Morgan fingerprint density at radius 2 is 1.83 bits per heavy atom. The predicted molar refractivity (Wildman–Crippen MR) is 102 cm³/mol. The molecule has 1 nitrogen and oxygen atoms in total. The van der Waals surface area contributed by atoms with Gasteiger partial charge in [0, 0.05) is 11.6 Å². The first-order chi connectivity index (χ1) is 10.9. The molecule has 0 aromatic heterocycles. The van der Waals surface area contributed by atoms with Crippen molar-refractivity contribution in [2.45, 2.75) is 26.2 Å². The molecule has 1 aliphatic carbocycles. The zero-order valence-electron chi connectivity index (χ0n) is 14.3. The second-order valence-corrected chi connectivity index (χ2v) is 6.21. The van der Waals surface area contributed by atoms with E-state index in [1.54, 1.807) is 6.20 Å². The van der Waals surface area contributed by atoms with Gasteiger partial charge in [-0.2, -0.15) is 0 Å². The Bertz CT molecular complexity index is 739. The molecular formula is C22H25N. The number of allylic oxidation sites excluding steroid dienone is 7. The molecule has 1 aromatic rings. The molecule has 1 N–H and O–H groups in total. The van der Waals surface area contributed by atoms with Crippen LogP contribution in [0.1, 0.15) is 31.9 Å². The van der Waals surface area contributed by atoms with Crippen molar-refractivity contribution in [3.8, 4) is 0 Å². The van der Waals surface area contributed by atoms with Gasteiger partial charge in [0.25, 0.3) is 0 Å². The molecule has 0 saturated carbocycles. The van der Waals surface area contributed by atoms with E-state index in [1.165, 1.54) is 22.3 Å². The molecule has 0 spiro atoms. The molecule has 118 valence electrons. The molecule has 1 aliphatic rings. The lowest BCUT2D eigenvalue weighted by Gasteiger charge is -2.22. The van der Waals surface area contributed by atoms with Crippen molar-refractivity contribution in [1.29, 1.82) is 0 Å². The third kappa shape index (κ3) is 3.14. The first-order valence-corrected chi connectivity index (χ1v) is 7.84. The fourth-order valence-electron chi connectivity index (χ4n) is 3.02. The number of rotatable bonds is 5. The molecule has 0 aliphatic heterocycles. The van der Waals surface area contributed by atoms with Crippen LogP contribution in [0.25, 0.3) is 5.57 Å². The zero-order chi connectivity index (χ0) is 17.0. The van der Waals surface area contributed by atoms with Crippen LogP contribution in [0.4, 0.5) is 0 Å². The molecule has 2 rings (SSSR count). The second kappa shape index (κ2) is 6.70. The van der Waals surface area contributed by atoms with Crippen LogP contribution in [0, 0.1) is 0 Å². The highest BCUT2D eigenvalue weighted by atomic mass is 14.8. The quantitative estimate of drug-likeness (QED) is 0.691. The summed E-state index contributed by atoms with van der Waals surface area (Å²) in [6, 6.07) is 8.54. The van der Waals surface area contributed by atoms with Gasteiger partial charge < -0.3 is 5.32 Å². The fourth-order valence-corrected chi connectivity index (χ4v) is 3.02. The largest absolute Gasteiger partial charge is 0.368 e. The number of fused-ring (bicyclic) bond motifs is 1. The van der Waals surface area contributed by atoms with E-state index in [-0.39, 0.29) is 5.41 Å². The molecule has 0 saturated heterocycles. The van der Waals surface area contributed by atoms with E-state index in [4.69, 9.17) is 0 Å². The first-order valence-electron chi connectivity index (χ1n) is 7.84. The van der Waals surface area contributed by atoms with Crippen LogP contribution in [0.15, 0.2) is 91.3 Å². The van der Waals surface area contributed by atoms with Crippen LogP contribution in [-0.2, 0) is 5.41 Å². The van der Waals surface area contributed by atoms with Crippen molar-refractivity contribution in [3.63, 3.8) is 0 Å². The lowest BCUT2D eigenvalue weighted by atomic mass is 9.82. The van der Waals surface area contributed by atoms with Crippen molar-refractivity contribution in [1.82, 2.24) is 5.32 Å². The van der Waals surface area contributed by atoms with Gasteiger partial charge in [-0.25, -0.2) is 0 Å². The summed E-state index contributed by atoms with van der Waals surface area (Å²) in [4.78, 5) is 0. The molecule has 1 heteroatoms. The van der Waals surface area contributed by atoms with Gasteiger partial charge in [-0.3, -0.25) is 0 Å². The van der Waals surface area contributed by atoms with E-state index in [1.807, 2.05) is 25.3 Å². The summed E-state index contributed by atoms with van der Waals surface area (Å²) in [5.74, 6) is 0. The Morgan fingerprint density at radius 1 is 1.13 bits per heavy atom. The highest BCUT2D eigenvalue weighted by Gasteiger charge is 2.37. The standard InChI is InChI=1S/C22H25N/c1-7-11-16(3)17(4)14-19-18-12-9-10-13-20(18)22(5,6)21(19)15-23-8-2/h7-15,23H,2-4H2,1,5-6H3/b11-7-,19-14-,21-15?. The summed E-state index contributed by atoms with van der Waals surface area (Å²) in [7, 11) is 0. The number of benzene rings is 1. The fraction of sp³-hybridized carbons (Fsp3) is 0.182. The SMILES string of the molecule is C=CNC=C1/C(=C\C(=C)C(=C)/C=C\C)c2ccccc2C1(C)C. The zero-order valence-corrected chi connectivity index (χ0v) is 14.3. The average molecular weight is 303 g/mol. The Morgan fingerprint density at radius 3 is 2.48 bits per heavy atom. The molecule has 1 aromatic carbocycles. The monoisotopic (exact) mass is 303 g/mol. The van der Waals surface area contributed by atoms with Gasteiger partial charge in [0.2, 0.25) is 0 Å². The van der Waals surface area contributed by atoms with Gasteiger partial charge in [0.15, 0.2) is 0 Å². The van der Waals surface area contributed by atoms with Gasteiger partial charge in [-0.05, 0) is 52.6 Å². The van der Waals surface area contributed by atoms with Gasteiger partial charge >= 0.3 is 0 Å². The Hall–Kier alpha value is -2.54. The molecule has 0 radical (unpaired) electrons. The highest BCUT2D eigenvalue weighted by Crippen LogP contribution is 2.49. The topological polar surface area (TPSA) is 12.0 Å². The first kappa shape index (κ1) is 16.8. The van der Waals surface area contributed by atoms with E-state index in [9.17, 15) is 0 Å². The van der Waals surface area contributed by atoms with Crippen LogP contribution in [0.5, 0.6) is 0 Å². The molecule has 23 heavy (non-hydrogen) atoms. The van der Waals surface area contributed by atoms with Crippen molar-refractivity contribution in [2.24, 2.45) is 0 Å². The third-order valence-electron chi connectivity index (χ3n) is 4.30. The molecular weight excluding hydrogens is 278 g/mol. The minimum Gasteiger partial charge on any atom is -0.368 e. The molecule has 0 fully saturated rings. The van der Waals surface area contributed by atoms with Crippen LogP contribution < -0.4 is 5.32 Å². The minimum atomic E-state index is -0.0688. The van der Waals surface area contributed by atoms with E-state index < -0.39 is 0 Å². The van der Waals surface area contributed by atoms with Gasteiger partial charge in [-0.1, -0.05) is 70.0 Å². The van der Waals surface area contributed by atoms with Crippen molar-refractivity contribution in [3.05, 3.63) is 102 Å². The summed E-state index contributed by atoms with van der Waals surface area (Å²) >= 11 is 0. The third-order valence-corrected chi connectivity index (χ3v) is 4.30. The van der Waals surface area contributed by atoms with Crippen LogP contribution in [-0.4, -0.2) is 0 Å². The van der Waals surface area contributed by atoms with Gasteiger partial charge in [-0.15, -0.1) is 0 Å². The van der Waals surface area contributed by atoms with Crippen LogP contribution >= 0.6 is 0 Å². The van der Waals surface area contributed by atoms with E-state index in [0.29, 0.717) is 0 Å². The summed E-state index contributed by atoms with van der Waals surface area (Å²) in [5, 5.41) is 3.13. The molecule has 0 unspecified atom stereocenters. The van der Waals surface area contributed by atoms with Gasteiger partial charge in [0.05, 0.1) is 0 Å². The van der Waals surface area contributed by atoms with Crippen molar-refractivity contribution < 1.29 is 0 Å². The average Bonchev–Trinajstić information content (AvgIpc) is 2.74. The number of hydrogen-bond donors (Lipinski definition) is 1. The second-order valence-electron chi connectivity index (χ2n) is 6.21. The maximum Gasteiger partial charge on any atom is 0.0173 e. The number of nitrogens with one attached hydrogen (secondary N) is 1. The lowest BCUT2D eigenvalue weighted by molar-refractivity contribution is 0.656. The highest BCUT2D eigenvalue weighted by molar-refractivity contribution is 5.91. The summed E-state index contributed by atoms with van der Waals surface area (Å²) in [5.41, 5.74) is 6.79. The Labute approximate surface area is 140 Å². The summed E-state index contributed by atoms with van der Waals surface area (Å²) in [6.45, 7) is 18.5. The molecule has 0 amide bonds. The summed E-state index contributed by atoms with van der Waals surface area (Å²) < 4.78 is 0. The van der Waals surface area contributed by atoms with Crippen molar-refractivity contribution >= 4 is 5.57 Å². The maximum atomic E-state index is 4.18. The van der Waals surface area contributed by atoms with E-state index in [2.05, 4.69) is 69.2 Å². The normalized spacial score (nSPS) is 19.1. The minimum absolute atomic E-state index is 0.0688. The van der Waals surface area contributed by atoms with Gasteiger partial charge in [0.1, 0.15) is 0 Å². The Kier molecular flexibility index (Phi) is 4.90.